The first-order valence-corrected chi connectivity index (χ1v) is 6.29. The second-order valence-electron chi connectivity index (χ2n) is 4.85. The van der Waals surface area contributed by atoms with Gasteiger partial charge in [0, 0.05) is 6.04 Å². The Labute approximate surface area is 105 Å². The van der Waals surface area contributed by atoms with E-state index in [9.17, 15) is 5.11 Å². The van der Waals surface area contributed by atoms with Gasteiger partial charge in [-0.25, -0.2) is 0 Å². The highest BCUT2D eigenvalue weighted by molar-refractivity contribution is 14.1. The number of ether oxygens (including phenoxy) is 1. The van der Waals surface area contributed by atoms with Crippen molar-refractivity contribution in [1.29, 1.82) is 0 Å². The van der Waals surface area contributed by atoms with Crippen LogP contribution in [0.15, 0.2) is 0 Å². The summed E-state index contributed by atoms with van der Waals surface area (Å²) >= 11 is 1.91. The molecule has 3 N–H and O–H groups in total. The first kappa shape index (κ1) is 12.1. The van der Waals surface area contributed by atoms with Crippen LogP contribution in [0.5, 0.6) is 0 Å². The molecular formula is C9H17BINO3. The average Bonchev–Trinajstić information content (AvgIpc) is 2.93. The molecule has 5 unspecified atom stereocenters. The Balaban J connectivity index is 2.10. The second-order valence-corrected chi connectivity index (χ2v) is 5.36. The molecule has 0 saturated carbocycles. The van der Waals surface area contributed by atoms with Gasteiger partial charge in [-0.2, -0.15) is 0 Å². The Kier molecular flexibility index (Phi) is 3.62. The Morgan fingerprint density at radius 2 is 2.20 bits per heavy atom. The van der Waals surface area contributed by atoms with E-state index < -0.39 is 0 Å². The zero-order valence-electron chi connectivity index (χ0n) is 8.97. The van der Waals surface area contributed by atoms with Crippen molar-refractivity contribution in [2.75, 3.05) is 6.61 Å². The monoisotopic (exact) mass is 325 g/mol. The summed E-state index contributed by atoms with van der Waals surface area (Å²) in [5.41, 5.74) is 6.16. The van der Waals surface area contributed by atoms with Crippen LogP contribution in [0.4, 0.5) is 0 Å². The molecule has 2 aliphatic rings. The minimum Gasteiger partial charge on any atom is -0.394 e. The van der Waals surface area contributed by atoms with E-state index in [1.807, 2.05) is 23.0 Å². The quantitative estimate of drug-likeness (QED) is 0.596. The van der Waals surface area contributed by atoms with E-state index in [1.54, 1.807) is 0 Å². The summed E-state index contributed by atoms with van der Waals surface area (Å²) in [6.45, 7) is 4.43. The number of rotatable bonds is 3. The maximum atomic E-state index is 9.26. The second kappa shape index (κ2) is 4.48. The van der Waals surface area contributed by atoms with Gasteiger partial charge in [0.15, 0.2) is 0 Å². The number of halogens is 1. The normalized spacial score (nSPS) is 44.4. The number of fused-ring (bicyclic) bond motifs is 1. The highest BCUT2D eigenvalue weighted by Crippen LogP contribution is 2.60. The van der Waals surface area contributed by atoms with E-state index in [2.05, 4.69) is 13.8 Å². The summed E-state index contributed by atoms with van der Waals surface area (Å²) in [4.78, 5) is 0. The molecule has 4 nitrogen and oxygen atoms in total. The summed E-state index contributed by atoms with van der Waals surface area (Å²) in [5, 5.41) is 9.26. The zero-order valence-corrected chi connectivity index (χ0v) is 11.1. The molecule has 0 aromatic heterocycles. The van der Waals surface area contributed by atoms with Crippen molar-refractivity contribution in [1.82, 2.24) is 0 Å². The van der Waals surface area contributed by atoms with E-state index in [1.165, 1.54) is 0 Å². The van der Waals surface area contributed by atoms with Gasteiger partial charge in [-0.3, -0.25) is 0 Å². The van der Waals surface area contributed by atoms with Crippen LogP contribution in [0.3, 0.4) is 0 Å². The van der Waals surface area contributed by atoms with Crippen molar-refractivity contribution < 1.29 is 12.8 Å². The average molecular weight is 325 g/mol. The smallest absolute Gasteiger partial charge is 0.318 e. The first-order valence-electron chi connectivity index (χ1n) is 5.41. The topological polar surface area (TPSA) is 64.7 Å². The van der Waals surface area contributed by atoms with Crippen LogP contribution >= 0.6 is 23.0 Å². The molecule has 2 rings (SSSR count). The van der Waals surface area contributed by atoms with Gasteiger partial charge in [0.2, 0.25) is 0 Å². The molecule has 0 aromatic carbocycles. The van der Waals surface area contributed by atoms with Crippen molar-refractivity contribution in [2.45, 2.75) is 43.7 Å². The van der Waals surface area contributed by atoms with Gasteiger partial charge in [0.1, 0.15) is 0 Å². The molecule has 0 radical (unpaired) electrons. The number of aliphatic hydroxyl groups is 1. The third kappa shape index (κ3) is 1.95. The van der Waals surface area contributed by atoms with Gasteiger partial charge in [-0.05, 0) is 17.6 Å². The standard InChI is InChI=1S/C9H17BINO3/c1-4(2)9-8(12)7-6(10(7)15-11)5(3-13)14-9/h4-9,13H,3,12H2,1-2H3. The lowest BCUT2D eigenvalue weighted by atomic mass is 9.83. The highest BCUT2D eigenvalue weighted by Gasteiger charge is 2.66. The molecule has 0 spiro atoms. The molecule has 0 aromatic rings. The molecule has 0 amide bonds. The Bertz CT molecular complexity index is 243. The fourth-order valence-corrected chi connectivity index (χ4v) is 3.43. The zero-order chi connectivity index (χ0) is 11.2. The van der Waals surface area contributed by atoms with E-state index in [0.29, 0.717) is 11.7 Å². The van der Waals surface area contributed by atoms with E-state index in [0.717, 1.165) is 0 Å². The summed E-state index contributed by atoms with van der Waals surface area (Å²) < 4.78 is 11.2. The molecule has 2 saturated heterocycles. The van der Waals surface area contributed by atoms with E-state index in [-0.39, 0.29) is 37.6 Å². The van der Waals surface area contributed by atoms with Gasteiger partial charge in [-0.15, -0.1) is 0 Å². The van der Waals surface area contributed by atoms with Crippen LogP contribution in [-0.2, 0) is 7.72 Å². The fraction of sp³-hybridized carbons (Fsp3) is 1.00. The predicted molar refractivity (Wildman–Crippen MR) is 66.9 cm³/mol. The number of aliphatic hydroxyl groups excluding tert-OH is 1. The van der Waals surface area contributed by atoms with Crippen LogP contribution in [0.25, 0.3) is 0 Å². The molecule has 6 heteroatoms. The van der Waals surface area contributed by atoms with Gasteiger partial charge in [0.25, 0.3) is 0 Å². The van der Waals surface area contributed by atoms with E-state index in [4.69, 9.17) is 13.5 Å². The number of hydrogen-bond donors (Lipinski definition) is 2. The maximum Gasteiger partial charge on any atom is 0.318 e. The van der Waals surface area contributed by atoms with Gasteiger partial charge in [-0.1, -0.05) is 13.8 Å². The van der Waals surface area contributed by atoms with Gasteiger partial charge < -0.3 is 18.6 Å². The van der Waals surface area contributed by atoms with Crippen molar-refractivity contribution in [3.8, 4) is 0 Å². The van der Waals surface area contributed by atoms with E-state index >= 15 is 0 Å². The predicted octanol–water partition coefficient (Wildman–Crippen LogP) is 0.842. The van der Waals surface area contributed by atoms with Crippen molar-refractivity contribution in [2.24, 2.45) is 11.7 Å². The van der Waals surface area contributed by atoms with Gasteiger partial charge in [0.05, 0.1) is 41.8 Å². The summed E-state index contributed by atoms with van der Waals surface area (Å²) in [6, 6.07) is 0.0394. The third-order valence-corrected chi connectivity index (χ3v) is 4.17. The van der Waals surface area contributed by atoms with Crippen LogP contribution in [0.2, 0.25) is 11.6 Å². The Hall–Kier alpha value is 0.635. The molecule has 2 heterocycles. The lowest BCUT2D eigenvalue weighted by Crippen LogP contribution is -2.47. The lowest BCUT2D eigenvalue weighted by Gasteiger charge is -2.36. The molecule has 15 heavy (non-hydrogen) atoms. The van der Waals surface area contributed by atoms with Crippen molar-refractivity contribution >= 4 is 29.9 Å². The largest absolute Gasteiger partial charge is 0.394 e. The maximum absolute atomic E-state index is 9.26. The first-order chi connectivity index (χ1) is 7.11. The SMILES string of the molecule is CC(C)C1OC(CO)C2B(OI)C2C1N. The lowest BCUT2D eigenvalue weighted by molar-refractivity contribution is -0.0870. The van der Waals surface area contributed by atoms with Crippen LogP contribution < -0.4 is 5.73 Å². The van der Waals surface area contributed by atoms with Crippen LogP contribution in [0, 0.1) is 5.92 Å². The Morgan fingerprint density at radius 3 is 2.67 bits per heavy atom. The van der Waals surface area contributed by atoms with Crippen molar-refractivity contribution in [3.63, 3.8) is 0 Å². The molecule has 86 valence electrons. The molecule has 2 aliphatic heterocycles. The van der Waals surface area contributed by atoms with Gasteiger partial charge >= 0.3 is 6.92 Å². The fourth-order valence-electron chi connectivity index (χ4n) is 2.75. The third-order valence-electron chi connectivity index (χ3n) is 3.59. The van der Waals surface area contributed by atoms with Crippen molar-refractivity contribution in [3.05, 3.63) is 0 Å². The molecular weight excluding hydrogens is 308 g/mol. The van der Waals surface area contributed by atoms with Crippen LogP contribution in [0.1, 0.15) is 13.8 Å². The minimum atomic E-state index is -0.0954. The summed E-state index contributed by atoms with van der Waals surface area (Å²) in [5.74, 6) is 1.03. The molecule has 5 atom stereocenters. The minimum absolute atomic E-state index is 0.0394. The summed E-state index contributed by atoms with van der Waals surface area (Å²) in [7, 11) is 0. The molecule has 0 bridgehead atoms. The Morgan fingerprint density at radius 1 is 1.53 bits per heavy atom. The van der Waals surface area contributed by atoms with Crippen LogP contribution in [-0.4, -0.2) is 36.9 Å². The molecule has 2 fully saturated rings. The molecule has 0 aliphatic carbocycles. The number of hydrogen-bond acceptors (Lipinski definition) is 4. The number of nitrogens with two attached hydrogens (primary N) is 1. The summed E-state index contributed by atoms with van der Waals surface area (Å²) in [6.07, 6.45) is -0.0538. The highest BCUT2D eigenvalue weighted by atomic mass is 127.